The number of likely N-dealkylation sites (tertiary alicyclic amines) is 2. The van der Waals surface area contributed by atoms with E-state index in [0.717, 1.165) is 13.1 Å². The number of carbonyl (C=O) groups excluding carboxylic acids is 1. The molecule has 0 aromatic rings. The van der Waals surface area contributed by atoms with Gasteiger partial charge in [-0.3, -0.25) is 0 Å². The minimum absolute atomic E-state index is 0.168. The molecule has 4 heteroatoms. The van der Waals surface area contributed by atoms with Crippen LogP contribution in [-0.4, -0.2) is 67.5 Å². The first-order valence-corrected chi connectivity index (χ1v) is 6.25. The maximum atomic E-state index is 11.8. The summed E-state index contributed by atoms with van der Waals surface area (Å²) in [7, 11) is 3.66. The Labute approximate surface area is 98.2 Å². The van der Waals surface area contributed by atoms with Gasteiger partial charge in [0.25, 0.3) is 0 Å². The summed E-state index contributed by atoms with van der Waals surface area (Å²) in [5, 5.41) is 0. The van der Waals surface area contributed by atoms with Gasteiger partial charge in [-0.15, -0.1) is 0 Å². The minimum Gasteiger partial charge on any atom is -0.331 e. The van der Waals surface area contributed by atoms with Gasteiger partial charge in [-0.25, -0.2) is 4.79 Å². The predicted molar refractivity (Wildman–Crippen MR) is 64.4 cm³/mol. The Balaban J connectivity index is 1.82. The molecular formula is C12H23N3O. The van der Waals surface area contributed by atoms with Crippen molar-refractivity contribution in [3.05, 3.63) is 0 Å². The number of hydrogen-bond acceptors (Lipinski definition) is 2. The molecule has 0 aromatic heterocycles. The van der Waals surface area contributed by atoms with Gasteiger partial charge in [0.1, 0.15) is 0 Å². The highest BCUT2D eigenvalue weighted by atomic mass is 16.2. The zero-order chi connectivity index (χ0) is 11.8. The van der Waals surface area contributed by atoms with Crippen LogP contribution in [0.4, 0.5) is 4.79 Å². The highest BCUT2D eigenvalue weighted by Crippen LogP contribution is 2.40. The molecule has 2 heterocycles. The molecule has 0 saturated carbocycles. The van der Waals surface area contributed by atoms with Crippen LogP contribution >= 0.6 is 0 Å². The fraction of sp³-hybridized carbons (Fsp3) is 0.917. The Kier molecular flexibility index (Phi) is 3.10. The van der Waals surface area contributed by atoms with E-state index < -0.39 is 0 Å². The minimum atomic E-state index is 0.168. The number of nitrogens with zero attached hydrogens (tertiary/aromatic N) is 3. The van der Waals surface area contributed by atoms with Crippen LogP contribution in [-0.2, 0) is 0 Å². The molecule has 0 bridgehead atoms. The van der Waals surface area contributed by atoms with E-state index in [4.69, 9.17) is 0 Å². The summed E-state index contributed by atoms with van der Waals surface area (Å²) in [4.78, 5) is 17.9. The van der Waals surface area contributed by atoms with Crippen LogP contribution in [0.3, 0.4) is 0 Å². The Morgan fingerprint density at radius 2 is 1.81 bits per heavy atom. The highest BCUT2D eigenvalue weighted by molar-refractivity contribution is 5.73. The number of carbonyl (C=O) groups is 1. The first kappa shape index (κ1) is 11.7. The van der Waals surface area contributed by atoms with Gasteiger partial charge < -0.3 is 14.7 Å². The van der Waals surface area contributed by atoms with Crippen molar-refractivity contribution < 1.29 is 4.79 Å². The summed E-state index contributed by atoms with van der Waals surface area (Å²) in [6, 6.07) is 0.168. The van der Waals surface area contributed by atoms with E-state index in [0.29, 0.717) is 5.41 Å². The van der Waals surface area contributed by atoms with E-state index >= 15 is 0 Å². The second-order valence-electron chi connectivity index (χ2n) is 5.47. The molecule has 4 nitrogen and oxygen atoms in total. The molecule has 2 fully saturated rings. The number of urea groups is 1. The zero-order valence-corrected chi connectivity index (χ0v) is 10.7. The second-order valence-corrected chi connectivity index (χ2v) is 5.47. The lowest BCUT2D eigenvalue weighted by Crippen LogP contribution is -2.61. The average molecular weight is 225 g/mol. The molecule has 2 rings (SSSR count). The van der Waals surface area contributed by atoms with Crippen LogP contribution in [0, 0.1) is 5.41 Å². The maximum absolute atomic E-state index is 11.8. The number of hydrogen-bond donors (Lipinski definition) is 0. The molecule has 2 amide bonds. The third kappa shape index (κ3) is 2.03. The normalized spacial score (nSPS) is 24.3. The van der Waals surface area contributed by atoms with Gasteiger partial charge in [0, 0.05) is 40.3 Å². The van der Waals surface area contributed by atoms with Crippen molar-refractivity contribution in [3.63, 3.8) is 0 Å². The van der Waals surface area contributed by atoms with Gasteiger partial charge in [-0.05, 0) is 24.8 Å². The van der Waals surface area contributed by atoms with Crippen LogP contribution in [0.2, 0.25) is 0 Å². The van der Waals surface area contributed by atoms with E-state index in [1.54, 1.807) is 4.90 Å². The van der Waals surface area contributed by atoms with Crippen LogP contribution in [0.15, 0.2) is 0 Å². The molecule has 2 aliphatic rings. The molecule has 2 aliphatic heterocycles. The predicted octanol–water partition coefficient (Wildman–Crippen LogP) is 1.09. The van der Waals surface area contributed by atoms with Crippen molar-refractivity contribution in [2.75, 3.05) is 46.8 Å². The lowest BCUT2D eigenvalue weighted by Gasteiger charge is -2.54. The Bertz CT molecular complexity index is 261. The van der Waals surface area contributed by atoms with Crippen molar-refractivity contribution in [2.24, 2.45) is 5.41 Å². The lowest BCUT2D eigenvalue weighted by atomic mass is 9.72. The Morgan fingerprint density at radius 3 is 2.25 bits per heavy atom. The molecule has 92 valence electrons. The van der Waals surface area contributed by atoms with Gasteiger partial charge in [0.2, 0.25) is 0 Å². The average Bonchev–Trinajstić information content (AvgIpc) is 2.25. The quantitative estimate of drug-likeness (QED) is 0.668. The molecule has 0 radical (unpaired) electrons. The standard InChI is InChI=1S/C12H23N3O/c1-4-14-9-12(10-14)5-7-15(8-6-12)11(16)13(2)3/h4-10H2,1-3H3. The Hall–Kier alpha value is -0.770. The van der Waals surface area contributed by atoms with E-state index in [9.17, 15) is 4.79 Å². The number of amides is 2. The molecule has 0 unspecified atom stereocenters. The van der Waals surface area contributed by atoms with Gasteiger partial charge in [0.05, 0.1) is 0 Å². The van der Waals surface area contributed by atoms with E-state index in [1.165, 1.54) is 32.5 Å². The highest BCUT2D eigenvalue weighted by Gasteiger charge is 2.44. The fourth-order valence-electron chi connectivity index (χ4n) is 2.90. The van der Waals surface area contributed by atoms with Crippen molar-refractivity contribution in [1.29, 1.82) is 0 Å². The van der Waals surface area contributed by atoms with E-state index in [1.807, 2.05) is 19.0 Å². The summed E-state index contributed by atoms with van der Waals surface area (Å²) < 4.78 is 0. The van der Waals surface area contributed by atoms with Crippen LogP contribution < -0.4 is 0 Å². The summed E-state index contributed by atoms with van der Waals surface area (Å²) in [5.74, 6) is 0. The molecule has 0 aliphatic carbocycles. The van der Waals surface area contributed by atoms with Gasteiger partial charge in [0.15, 0.2) is 0 Å². The second kappa shape index (κ2) is 4.24. The third-order valence-electron chi connectivity index (χ3n) is 4.04. The lowest BCUT2D eigenvalue weighted by molar-refractivity contribution is -0.0375. The zero-order valence-electron chi connectivity index (χ0n) is 10.7. The van der Waals surface area contributed by atoms with Crippen LogP contribution in [0.5, 0.6) is 0 Å². The first-order chi connectivity index (χ1) is 7.56. The number of piperidine rings is 1. The molecular weight excluding hydrogens is 202 g/mol. The SMILES string of the molecule is CCN1CC2(CCN(C(=O)N(C)C)CC2)C1. The largest absolute Gasteiger partial charge is 0.331 e. The van der Waals surface area contributed by atoms with E-state index in [2.05, 4.69) is 11.8 Å². The summed E-state index contributed by atoms with van der Waals surface area (Å²) >= 11 is 0. The summed E-state index contributed by atoms with van der Waals surface area (Å²) in [6.45, 7) is 7.75. The summed E-state index contributed by atoms with van der Waals surface area (Å²) in [6.07, 6.45) is 2.37. The fourth-order valence-corrected chi connectivity index (χ4v) is 2.90. The van der Waals surface area contributed by atoms with Gasteiger partial charge >= 0.3 is 6.03 Å². The maximum Gasteiger partial charge on any atom is 0.319 e. The van der Waals surface area contributed by atoms with Crippen LogP contribution in [0.1, 0.15) is 19.8 Å². The topological polar surface area (TPSA) is 26.8 Å². The number of rotatable bonds is 1. The van der Waals surface area contributed by atoms with Gasteiger partial charge in [-0.1, -0.05) is 6.92 Å². The van der Waals surface area contributed by atoms with Crippen molar-refractivity contribution in [1.82, 2.24) is 14.7 Å². The molecule has 0 N–H and O–H groups in total. The van der Waals surface area contributed by atoms with Crippen molar-refractivity contribution in [3.8, 4) is 0 Å². The third-order valence-corrected chi connectivity index (χ3v) is 4.04. The van der Waals surface area contributed by atoms with Crippen molar-refractivity contribution >= 4 is 6.03 Å². The van der Waals surface area contributed by atoms with E-state index in [-0.39, 0.29) is 6.03 Å². The van der Waals surface area contributed by atoms with Gasteiger partial charge in [-0.2, -0.15) is 0 Å². The van der Waals surface area contributed by atoms with Crippen molar-refractivity contribution in [2.45, 2.75) is 19.8 Å². The molecule has 1 spiro atoms. The van der Waals surface area contributed by atoms with Crippen LogP contribution in [0.25, 0.3) is 0 Å². The monoisotopic (exact) mass is 225 g/mol. The summed E-state index contributed by atoms with van der Waals surface area (Å²) in [5.41, 5.74) is 0.541. The Morgan fingerprint density at radius 1 is 1.25 bits per heavy atom. The molecule has 2 saturated heterocycles. The molecule has 0 aromatic carbocycles. The molecule has 16 heavy (non-hydrogen) atoms. The first-order valence-electron chi connectivity index (χ1n) is 6.25. The molecule has 0 atom stereocenters. The smallest absolute Gasteiger partial charge is 0.319 e.